The van der Waals surface area contributed by atoms with Crippen LogP contribution in [-0.4, -0.2) is 4.83 Å². The van der Waals surface area contributed by atoms with Gasteiger partial charge < -0.3 is 0 Å². The Labute approximate surface area is 87.9 Å². The molecule has 1 heteroatoms. The van der Waals surface area contributed by atoms with Gasteiger partial charge in [-0.15, -0.1) is 0 Å². The number of hydrogen-bond donors (Lipinski definition) is 0. The average molecular weight is 239 g/mol. The minimum atomic E-state index is 0.867. The van der Waals surface area contributed by atoms with Gasteiger partial charge in [-0.2, -0.15) is 0 Å². The molecule has 3 saturated carbocycles. The first kappa shape index (κ1) is 7.50. The summed E-state index contributed by atoms with van der Waals surface area (Å²) in [6.45, 7) is 0. The standard InChI is InChI=1S/C12H15Br/c13-10-5-8-4-9(10)12-7-2-1-6(3-7)11(8)12/h7-10,12H,1-5H2. The molecule has 0 nitrogen and oxygen atoms in total. The van der Waals surface area contributed by atoms with Gasteiger partial charge >= 0.3 is 0 Å². The van der Waals surface area contributed by atoms with E-state index in [1.54, 1.807) is 0 Å². The Bertz CT molecular complexity index is 304. The molecule has 0 amide bonds. The van der Waals surface area contributed by atoms with E-state index in [4.69, 9.17) is 0 Å². The van der Waals surface area contributed by atoms with Crippen LogP contribution in [0.15, 0.2) is 11.1 Å². The molecule has 13 heavy (non-hydrogen) atoms. The lowest BCUT2D eigenvalue weighted by Crippen LogP contribution is -2.26. The summed E-state index contributed by atoms with van der Waals surface area (Å²) in [4.78, 5) is 0.867. The Hall–Kier alpha value is 0.220. The van der Waals surface area contributed by atoms with E-state index in [2.05, 4.69) is 15.9 Å². The van der Waals surface area contributed by atoms with Crippen LogP contribution in [-0.2, 0) is 0 Å². The van der Waals surface area contributed by atoms with Crippen LogP contribution in [0, 0.1) is 23.7 Å². The first-order chi connectivity index (χ1) is 6.34. The van der Waals surface area contributed by atoms with Crippen molar-refractivity contribution < 1.29 is 0 Å². The SMILES string of the molecule is BrC1CC2CC1C1C2=C2CCC1C2. The highest BCUT2D eigenvalue weighted by Gasteiger charge is 2.56. The molecule has 0 saturated heterocycles. The molecule has 4 aliphatic carbocycles. The zero-order valence-electron chi connectivity index (χ0n) is 7.80. The van der Waals surface area contributed by atoms with Crippen LogP contribution in [0.3, 0.4) is 0 Å². The second-order valence-corrected chi connectivity index (χ2v) is 6.61. The maximum atomic E-state index is 3.88. The van der Waals surface area contributed by atoms with Gasteiger partial charge in [0.2, 0.25) is 0 Å². The second kappa shape index (κ2) is 2.24. The predicted octanol–water partition coefficient (Wildman–Crippen LogP) is 3.52. The Morgan fingerprint density at radius 1 is 1.23 bits per heavy atom. The molecule has 0 spiro atoms. The second-order valence-electron chi connectivity index (χ2n) is 5.44. The van der Waals surface area contributed by atoms with Crippen LogP contribution < -0.4 is 0 Å². The Morgan fingerprint density at radius 3 is 3.08 bits per heavy atom. The Kier molecular flexibility index (Phi) is 1.29. The number of allylic oxidation sites excluding steroid dienone is 2. The van der Waals surface area contributed by atoms with Crippen molar-refractivity contribution in [3.05, 3.63) is 11.1 Å². The number of rotatable bonds is 0. The minimum Gasteiger partial charge on any atom is -0.0887 e. The van der Waals surface area contributed by atoms with Gasteiger partial charge in [0.1, 0.15) is 0 Å². The average Bonchev–Trinajstić information content (AvgIpc) is 2.78. The molecule has 4 rings (SSSR count). The van der Waals surface area contributed by atoms with Crippen molar-refractivity contribution in [3.8, 4) is 0 Å². The molecule has 70 valence electrons. The lowest BCUT2D eigenvalue weighted by molar-refractivity contribution is 0.306. The lowest BCUT2D eigenvalue weighted by atomic mass is 9.77. The zero-order chi connectivity index (χ0) is 8.58. The summed E-state index contributed by atoms with van der Waals surface area (Å²) in [5.74, 6) is 4.18. The van der Waals surface area contributed by atoms with Crippen LogP contribution >= 0.6 is 15.9 Å². The topological polar surface area (TPSA) is 0 Å². The van der Waals surface area contributed by atoms with E-state index in [0.717, 1.165) is 28.5 Å². The van der Waals surface area contributed by atoms with Crippen molar-refractivity contribution >= 4 is 15.9 Å². The molecular formula is C12H15Br. The highest BCUT2D eigenvalue weighted by Crippen LogP contribution is 2.65. The molecule has 0 aromatic rings. The van der Waals surface area contributed by atoms with Crippen molar-refractivity contribution in [3.63, 3.8) is 0 Å². The minimum absolute atomic E-state index is 0.867. The molecule has 5 atom stereocenters. The van der Waals surface area contributed by atoms with Crippen LogP contribution in [0.5, 0.6) is 0 Å². The smallest absolute Gasteiger partial charge is 0.0185 e. The number of alkyl halides is 1. The molecule has 0 N–H and O–H groups in total. The third kappa shape index (κ3) is 0.751. The fourth-order valence-corrected chi connectivity index (χ4v) is 5.72. The van der Waals surface area contributed by atoms with E-state index in [-0.39, 0.29) is 0 Å². The van der Waals surface area contributed by atoms with Gasteiger partial charge in [-0.3, -0.25) is 0 Å². The van der Waals surface area contributed by atoms with Crippen molar-refractivity contribution in [1.82, 2.24) is 0 Å². The molecule has 0 aromatic heterocycles. The summed E-state index contributed by atoms with van der Waals surface area (Å²) in [5, 5.41) is 0. The zero-order valence-corrected chi connectivity index (χ0v) is 9.39. The van der Waals surface area contributed by atoms with Crippen LogP contribution in [0.4, 0.5) is 0 Å². The molecule has 0 radical (unpaired) electrons. The summed E-state index contributed by atoms with van der Waals surface area (Å²) in [7, 11) is 0. The van der Waals surface area contributed by atoms with Crippen molar-refractivity contribution in [2.45, 2.75) is 36.9 Å². The fourth-order valence-electron chi connectivity index (χ4n) is 4.72. The molecule has 4 aliphatic rings. The van der Waals surface area contributed by atoms with E-state index < -0.39 is 0 Å². The van der Waals surface area contributed by atoms with Crippen molar-refractivity contribution in [2.24, 2.45) is 23.7 Å². The molecule has 5 unspecified atom stereocenters. The highest BCUT2D eigenvalue weighted by molar-refractivity contribution is 9.09. The molecule has 4 bridgehead atoms. The maximum Gasteiger partial charge on any atom is 0.0185 e. The molecule has 3 fully saturated rings. The van der Waals surface area contributed by atoms with Crippen LogP contribution in [0.25, 0.3) is 0 Å². The van der Waals surface area contributed by atoms with E-state index >= 15 is 0 Å². The van der Waals surface area contributed by atoms with Crippen LogP contribution in [0.2, 0.25) is 0 Å². The maximum absolute atomic E-state index is 3.88. The molecule has 0 aliphatic heterocycles. The first-order valence-electron chi connectivity index (χ1n) is 5.70. The summed E-state index contributed by atoms with van der Waals surface area (Å²) < 4.78 is 0. The van der Waals surface area contributed by atoms with Crippen LogP contribution in [0.1, 0.15) is 32.1 Å². The van der Waals surface area contributed by atoms with Gasteiger partial charge in [0.05, 0.1) is 0 Å². The highest BCUT2D eigenvalue weighted by atomic mass is 79.9. The molecule has 0 aromatic carbocycles. The molecule has 0 heterocycles. The van der Waals surface area contributed by atoms with Gasteiger partial charge in [0.25, 0.3) is 0 Å². The monoisotopic (exact) mass is 238 g/mol. The Morgan fingerprint density at radius 2 is 2.15 bits per heavy atom. The van der Waals surface area contributed by atoms with Crippen molar-refractivity contribution in [2.75, 3.05) is 0 Å². The third-order valence-electron chi connectivity index (χ3n) is 5.03. The van der Waals surface area contributed by atoms with Gasteiger partial charge in [-0.1, -0.05) is 27.1 Å². The number of fused-ring (bicyclic) bond motifs is 8. The van der Waals surface area contributed by atoms with Gasteiger partial charge in [0, 0.05) is 4.83 Å². The number of hydrogen-bond acceptors (Lipinski definition) is 0. The van der Waals surface area contributed by atoms with Gasteiger partial charge in [-0.25, -0.2) is 0 Å². The third-order valence-corrected chi connectivity index (χ3v) is 6.09. The summed E-state index contributed by atoms with van der Waals surface area (Å²) in [5.41, 5.74) is 3.87. The largest absolute Gasteiger partial charge is 0.0887 e. The van der Waals surface area contributed by atoms with E-state index in [1.807, 2.05) is 11.1 Å². The Balaban J connectivity index is 1.86. The first-order valence-corrected chi connectivity index (χ1v) is 6.62. The lowest BCUT2D eigenvalue weighted by Gasteiger charge is -2.31. The van der Waals surface area contributed by atoms with Crippen molar-refractivity contribution in [1.29, 1.82) is 0 Å². The summed E-state index contributed by atoms with van der Waals surface area (Å²) in [6.07, 6.45) is 7.45. The number of halogens is 1. The normalized spacial score (nSPS) is 56.5. The van der Waals surface area contributed by atoms with E-state index in [1.165, 1.54) is 32.1 Å². The van der Waals surface area contributed by atoms with E-state index in [0.29, 0.717) is 0 Å². The summed E-state index contributed by atoms with van der Waals surface area (Å²) in [6, 6.07) is 0. The van der Waals surface area contributed by atoms with E-state index in [9.17, 15) is 0 Å². The summed E-state index contributed by atoms with van der Waals surface area (Å²) >= 11 is 3.88. The fraction of sp³-hybridized carbons (Fsp3) is 0.833. The quantitative estimate of drug-likeness (QED) is 0.448. The molecular weight excluding hydrogens is 224 g/mol. The van der Waals surface area contributed by atoms with Gasteiger partial charge in [-0.05, 0) is 55.8 Å². The predicted molar refractivity (Wildman–Crippen MR) is 56.8 cm³/mol. The van der Waals surface area contributed by atoms with Gasteiger partial charge in [0.15, 0.2) is 0 Å².